The van der Waals surface area contributed by atoms with Crippen LogP contribution in [-0.4, -0.2) is 20.7 Å². The van der Waals surface area contributed by atoms with Gasteiger partial charge in [-0.15, -0.1) is 0 Å². The van der Waals surface area contributed by atoms with Gasteiger partial charge in [-0.05, 0) is 18.2 Å². The van der Waals surface area contributed by atoms with Crippen LogP contribution in [0.5, 0.6) is 0 Å². The maximum atomic E-state index is 12.5. The number of primary sulfonamides is 1. The molecule has 3 N–H and O–H groups in total. The lowest BCUT2D eigenvalue weighted by atomic mass is 10.2. The predicted molar refractivity (Wildman–Crippen MR) is 62.9 cm³/mol. The zero-order valence-electron chi connectivity index (χ0n) is 8.96. The molecule has 1 rings (SSSR count). The fourth-order valence-corrected chi connectivity index (χ4v) is 1.80. The molecule has 102 valence electrons. The zero-order chi connectivity index (χ0) is 14.0. The molecular formula is C9H10ClF3N2O2S. The van der Waals surface area contributed by atoms with Crippen molar-refractivity contribution in [1.29, 1.82) is 0 Å². The van der Waals surface area contributed by atoms with E-state index in [9.17, 15) is 21.6 Å². The number of benzene rings is 1. The predicted octanol–water partition coefficient (Wildman–Crippen LogP) is 2.06. The first-order chi connectivity index (χ1) is 8.09. The van der Waals surface area contributed by atoms with Crippen LogP contribution >= 0.6 is 11.6 Å². The zero-order valence-corrected chi connectivity index (χ0v) is 10.5. The highest BCUT2D eigenvalue weighted by molar-refractivity contribution is 7.89. The number of nitrogens with one attached hydrogen (secondary N) is 1. The Morgan fingerprint density at radius 1 is 1.33 bits per heavy atom. The Kier molecular flexibility index (Phi) is 4.46. The van der Waals surface area contributed by atoms with Crippen LogP contribution in [0.15, 0.2) is 18.2 Å². The van der Waals surface area contributed by atoms with E-state index in [1.165, 1.54) is 6.07 Å². The van der Waals surface area contributed by atoms with Gasteiger partial charge >= 0.3 is 6.18 Å². The minimum absolute atomic E-state index is 0.0856. The average Bonchev–Trinajstić information content (AvgIpc) is 2.17. The minimum Gasteiger partial charge on any atom is -0.384 e. The molecule has 4 nitrogen and oxygen atoms in total. The van der Waals surface area contributed by atoms with Crippen LogP contribution in [0.4, 0.5) is 18.9 Å². The van der Waals surface area contributed by atoms with Crippen molar-refractivity contribution in [3.8, 4) is 0 Å². The van der Waals surface area contributed by atoms with E-state index in [0.29, 0.717) is 0 Å². The molecule has 0 spiro atoms. The molecule has 0 saturated heterocycles. The summed E-state index contributed by atoms with van der Waals surface area (Å²) < 4.78 is 58.8. The van der Waals surface area contributed by atoms with Gasteiger partial charge in [0, 0.05) is 12.2 Å². The fraction of sp³-hybridized carbons (Fsp3) is 0.333. The summed E-state index contributed by atoms with van der Waals surface area (Å²) in [6.07, 6.45) is -4.56. The van der Waals surface area contributed by atoms with Crippen molar-refractivity contribution in [3.63, 3.8) is 0 Å². The third kappa shape index (κ3) is 4.71. The van der Waals surface area contributed by atoms with Crippen LogP contribution in [0.2, 0.25) is 5.02 Å². The third-order valence-electron chi connectivity index (χ3n) is 1.99. The summed E-state index contributed by atoms with van der Waals surface area (Å²) in [5.41, 5.74) is -0.861. The van der Waals surface area contributed by atoms with Gasteiger partial charge in [-0.25, -0.2) is 13.6 Å². The summed E-state index contributed by atoms with van der Waals surface area (Å²) in [5.74, 6) is -0.378. The maximum absolute atomic E-state index is 12.5. The second-order valence-electron chi connectivity index (χ2n) is 3.49. The van der Waals surface area contributed by atoms with Crippen molar-refractivity contribution >= 4 is 27.3 Å². The van der Waals surface area contributed by atoms with Gasteiger partial charge in [0.2, 0.25) is 10.0 Å². The van der Waals surface area contributed by atoms with Crippen LogP contribution in [0.25, 0.3) is 0 Å². The van der Waals surface area contributed by atoms with Crippen molar-refractivity contribution in [3.05, 3.63) is 28.8 Å². The van der Waals surface area contributed by atoms with Crippen molar-refractivity contribution < 1.29 is 21.6 Å². The monoisotopic (exact) mass is 302 g/mol. The molecule has 0 unspecified atom stereocenters. The summed E-state index contributed by atoms with van der Waals surface area (Å²) in [6.45, 7) is -0.0856. The summed E-state index contributed by atoms with van der Waals surface area (Å²) in [6, 6.07) is 3.22. The first-order valence-corrected chi connectivity index (χ1v) is 6.80. The first-order valence-electron chi connectivity index (χ1n) is 4.71. The molecule has 0 aliphatic carbocycles. The highest BCUT2D eigenvalue weighted by Gasteiger charge is 2.33. The Balaban J connectivity index is 2.80. The number of hydrogen-bond donors (Lipinski definition) is 2. The van der Waals surface area contributed by atoms with E-state index in [1.54, 1.807) is 0 Å². The molecule has 0 saturated carbocycles. The van der Waals surface area contributed by atoms with Gasteiger partial charge in [0.1, 0.15) is 0 Å². The smallest absolute Gasteiger partial charge is 0.384 e. The van der Waals surface area contributed by atoms with Crippen molar-refractivity contribution in [2.24, 2.45) is 5.14 Å². The highest BCUT2D eigenvalue weighted by atomic mass is 35.5. The molecule has 18 heavy (non-hydrogen) atoms. The van der Waals surface area contributed by atoms with Crippen molar-refractivity contribution in [2.45, 2.75) is 6.18 Å². The molecule has 0 radical (unpaired) electrons. The van der Waals surface area contributed by atoms with E-state index in [0.717, 1.165) is 12.1 Å². The summed E-state index contributed by atoms with van der Waals surface area (Å²) >= 11 is 5.42. The molecule has 0 bridgehead atoms. The van der Waals surface area contributed by atoms with Crippen molar-refractivity contribution in [2.75, 3.05) is 17.6 Å². The van der Waals surface area contributed by atoms with E-state index in [1.807, 2.05) is 0 Å². The molecule has 1 aromatic carbocycles. The fourth-order valence-electron chi connectivity index (χ4n) is 1.19. The Bertz CT molecular complexity index is 531. The average molecular weight is 303 g/mol. The van der Waals surface area contributed by atoms with Crippen LogP contribution in [0, 0.1) is 0 Å². The lowest BCUT2D eigenvalue weighted by Crippen LogP contribution is -2.22. The van der Waals surface area contributed by atoms with Crippen LogP contribution in [0.3, 0.4) is 0 Å². The Morgan fingerprint density at radius 3 is 2.44 bits per heavy atom. The van der Waals surface area contributed by atoms with Gasteiger partial charge < -0.3 is 5.32 Å². The molecule has 0 heterocycles. The largest absolute Gasteiger partial charge is 0.417 e. The van der Waals surface area contributed by atoms with E-state index < -0.39 is 26.8 Å². The Morgan fingerprint density at radius 2 is 1.94 bits per heavy atom. The second kappa shape index (κ2) is 5.33. The normalized spacial score (nSPS) is 12.5. The summed E-state index contributed by atoms with van der Waals surface area (Å²) in [4.78, 5) is 0. The molecule has 9 heteroatoms. The molecule has 1 aromatic rings. The quantitative estimate of drug-likeness (QED) is 0.894. The number of sulfonamides is 1. The SMILES string of the molecule is NS(=O)(=O)CCNc1ccc(Cl)c(C(F)(F)F)c1. The van der Waals surface area contributed by atoms with Gasteiger partial charge in [0.15, 0.2) is 0 Å². The van der Waals surface area contributed by atoms with Gasteiger partial charge in [0.05, 0.1) is 16.3 Å². The van der Waals surface area contributed by atoms with Gasteiger partial charge in [-0.3, -0.25) is 0 Å². The standard InChI is InChI=1S/C9H10ClF3N2O2S/c10-8-2-1-6(5-7(8)9(11,12)13)15-3-4-18(14,16)17/h1-2,5,15H,3-4H2,(H2,14,16,17). The van der Waals surface area contributed by atoms with Crippen LogP contribution < -0.4 is 10.5 Å². The molecule has 0 aliphatic rings. The Labute approximate surface area is 107 Å². The van der Waals surface area contributed by atoms with Crippen LogP contribution in [-0.2, 0) is 16.2 Å². The molecule has 0 atom stereocenters. The summed E-state index contributed by atoms with van der Waals surface area (Å²) in [7, 11) is -3.65. The molecule has 0 fully saturated rings. The molecule has 0 aliphatic heterocycles. The summed E-state index contributed by atoms with van der Waals surface area (Å²) in [5, 5.41) is 6.86. The minimum atomic E-state index is -4.56. The van der Waals surface area contributed by atoms with Crippen molar-refractivity contribution in [1.82, 2.24) is 0 Å². The maximum Gasteiger partial charge on any atom is 0.417 e. The lowest BCUT2D eigenvalue weighted by Gasteiger charge is -2.12. The number of anilines is 1. The lowest BCUT2D eigenvalue weighted by molar-refractivity contribution is -0.137. The van der Waals surface area contributed by atoms with E-state index in [4.69, 9.17) is 16.7 Å². The molecule has 0 aromatic heterocycles. The number of rotatable bonds is 4. The number of nitrogens with two attached hydrogens (primary N) is 1. The highest BCUT2D eigenvalue weighted by Crippen LogP contribution is 2.36. The number of alkyl halides is 3. The number of halogens is 4. The topological polar surface area (TPSA) is 72.2 Å². The Hall–Kier alpha value is -0.990. The van der Waals surface area contributed by atoms with Crippen LogP contribution in [0.1, 0.15) is 5.56 Å². The molecule has 0 amide bonds. The van der Waals surface area contributed by atoms with E-state index in [2.05, 4.69) is 5.32 Å². The third-order valence-corrected chi connectivity index (χ3v) is 3.09. The van der Waals surface area contributed by atoms with E-state index in [-0.39, 0.29) is 18.0 Å². The second-order valence-corrected chi connectivity index (χ2v) is 5.63. The number of hydrogen-bond acceptors (Lipinski definition) is 3. The van der Waals surface area contributed by atoms with E-state index >= 15 is 0 Å². The van der Waals surface area contributed by atoms with Gasteiger partial charge in [-0.1, -0.05) is 11.6 Å². The first kappa shape index (κ1) is 15.1. The van der Waals surface area contributed by atoms with Gasteiger partial charge in [0.25, 0.3) is 0 Å². The molecular weight excluding hydrogens is 293 g/mol. The van der Waals surface area contributed by atoms with Gasteiger partial charge in [-0.2, -0.15) is 13.2 Å².